The highest BCUT2D eigenvalue weighted by Crippen LogP contribution is 2.34. The summed E-state index contributed by atoms with van der Waals surface area (Å²) in [7, 11) is 3.87. The first-order valence-electron chi connectivity index (χ1n) is 5.48. The summed E-state index contributed by atoms with van der Waals surface area (Å²) >= 11 is 1.54. The Bertz CT molecular complexity index is 526. The Morgan fingerprint density at radius 2 is 2.06 bits per heavy atom. The molecule has 0 spiro atoms. The Balaban J connectivity index is 2.37. The van der Waals surface area contributed by atoms with Crippen LogP contribution in [-0.4, -0.2) is 19.3 Å². The van der Waals surface area contributed by atoms with Crippen molar-refractivity contribution in [2.45, 2.75) is 29.9 Å². The monoisotopic (exact) mass is 251 g/mol. The maximum atomic E-state index is 6.13. The minimum Gasteiger partial charge on any atom is -0.395 e. The van der Waals surface area contributed by atoms with Gasteiger partial charge in [-0.25, -0.2) is 4.98 Å². The summed E-state index contributed by atoms with van der Waals surface area (Å²) in [5, 5.41) is 6.31. The number of anilines is 1. The lowest BCUT2D eigenvalue weighted by Gasteiger charge is -2.03. The van der Waals surface area contributed by atoms with Crippen LogP contribution in [0.4, 0.5) is 5.69 Å². The van der Waals surface area contributed by atoms with E-state index in [0.717, 1.165) is 21.6 Å². The summed E-state index contributed by atoms with van der Waals surface area (Å²) in [5.41, 5.74) is 7.84. The van der Waals surface area contributed by atoms with Crippen LogP contribution >= 0.6 is 11.8 Å². The standard InChI is InChI=1S/C11H17N5S/c1-7(2)9-8(12)10(16(4)14-9)17-11-13-5-6-15(11)3/h5-7H,12H2,1-4H3. The van der Waals surface area contributed by atoms with E-state index in [4.69, 9.17) is 5.73 Å². The number of hydrogen-bond acceptors (Lipinski definition) is 4. The fourth-order valence-electron chi connectivity index (χ4n) is 1.63. The second-order valence-corrected chi connectivity index (χ2v) is 5.26. The average Bonchev–Trinajstić information content (AvgIpc) is 2.77. The lowest BCUT2D eigenvalue weighted by molar-refractivity contribution is 0.668. The van der Waals surface area contributed by atoms with Crippen molar-refractivity contribution in [2.75, 3.05) is 5.73 Å². The molecule has 2 rings (SSSR count). The van der Waals surface area contributed by atoms with Gasteiger partial charge < -0.3 is 10.3 Å². The van der Waals surface area contributed by atoms with Crippen molar-refractivity contribution in [3.8, 4) is 0 Å². The third-order valence-corrected chi connectivity index (χ3v) is 3.82. The number of rotatable bonds is 3. The number of hydrogen-bond donors (Lipinski definition) is 1. The van der Waals surface area contributed by atoms with Crippen LogP contribution in [0.5, 0.6) is 0 Å². The van der Waals surface area contributed by atoms with Gasteiger partial charge in [0.05, 0.1) is 11.4 Å². The van der Waals surface area contributed by atoms with Crippen molar-refractivity contribution >= 4 is 17.4 Å². The molecule has 0 aliphatic heterocycles. The van der Waals surface area contributed by atoms with E-state index < -0.39 is 0 Å². The van der Waals surface area contributed by atoms with Gasteiger partial charge in [0, 0.05) is 26.5 Å². The summed E-state index contributed by atoms with van der Waals surface area (Å²) in [6.45, 7) is 4.18. The molecule has 17 heavy (non-hydrogen) atoms. The van der Waals surface area contributed by atoms with Crippen LogP contribution in [0.25, 0.3) is 0 Å². The first-order chi connectivity index (χ1) is 8.00. The Kier molecular flexibility index (Phi) is 3.15. The zero-order valence-corrected chi connectivity index (χ0v) is 11.3. The van der Waals surface area contributed by atoms with Gasteiger partial charge in [0.15, 0.2) is 5.16 Å². The van der Waals surface area contributed by atoms with E-state index >= 15 is 0 Å². The predicted octanol–water partition coefficient (Wildman–Crippen LogP) is 2.01. The fourth-order valence-corrected chi connectivity index (χ4v) is 2.51. The largest absolute Gasteiger partial charge is 0.395 e. The SMILES string of the molecule is CC(C)c1nn(C)c(Sc2nccn2C)c1N. The molecule has 0 fully saturated rings. The Morgan fingerprint density at radius 1 is 1.35 bits per heavy atom. The molecule has 0 atom stereocenters. The van der Waals surface area contributed by atoms with Crippen molar-refractivity contribution in [2.24, 2.45) is 14.1 Å². The van der Waals surface area contributed by atoms with E-state index in [9.17, 15) is 0 Å². The topological polar surface area (TPSA) is 61.7 Å². The van der Waals surface area contributed by atoms with Gasteiger partial charge in [-0.3, -0.25) is 4.68 Å². The summed E-state index contributed by atoms with van der Waals surface area (Å²) in [4.78, 5) is 4.28. The summed E-state index contributed by atoms with van der Waals surface area (Å²) in [6, 6.07) is 0. The van der Waals surface area contributed by atoms with Crippen LogP contribution in [-0.2, 0) is 14.1 Å². The number of nitrogens with two attached hydrogens (primary N) is 1. The third kappa shape index (κ3) is 2.17. The summed E-state index contributed by atoms with van der Waals surface area (Å²) in [5.74, 6) is 0.330. The molecule has 5 nitrogen and oxygen atoms in total. The van der Waals surface area contributed by atoms with Crippen LogP contribution in [0.2, 0.25) is 0 Å². The number of nitrogen functional groups attached to an aromatic ring is 1. The van der Waals surface area contributed by atoms with E-state index in [2.05, 4.69) is 23.9 Å². The van der Waals surface area contributed by atoms with Gasteiger partial charge in [0.2, 0.25) is 0 Å². The molecule has 0 radical (unpaired) electrons. The van der Waals surface area contributed by atoms with Gasteiger partial charge in [-0.05, 0) is 17.7 Å². The second kappa shape index (κ2) is 4.44. The van der Waals surface area contributed by atoms with Crippen LogP contribution in [0, 0.1) is 0 Å². The third-order valence-electron chi connectivity index (χ3n) is 2.57. The summed E-state index contributed by atoms with van der Waals surface area (Å²) in [6.07, 6.45) is 3.69. The number of nitrogens with zero attached hydrogens (tertiary/aromatic N) is 4. The van der Waals surface area contributed by atoms with E-state index in [1.165, 1.54) is 11.8 Å². The maximum absolute atomic E-state index is 6.13. The zero-order valence-electron chi connectivity index (χ0n) is 10.5. The van der Waals surface area contributed by atoms with Gasteiger partial charge in [0.1, 0.15) is 5.03 Å². The molecule has 0 unspecified atom stereocenters. The van der Waals surface area contributed by atoms with Gasteiger partial charge >= 0.3 is 0 Å². The number of imidazole rings is 1. The molecule has 2 N–H and O–H groups in total. The molecule has 0 saturated carbocycles. The summed E-state index contributed by atoms with van der Waals surface area (Å²) < 4.78 is 3.79. The smallest absolute Gasteiger partial charge is 0.174 e. The van der Waals surface area contributed by atoms with Gasteiger partial charge in [-0.1, -0.05) is 13.8 Å². The van der Waals surface area contributed by atoms with Crippen LogP contribution in [0.15, 0.2) is 22.6 Å². The molecule has 0 saturated heterocycles. The van der Waals surface area contributed by atoms with E-state index in [0.29, 0.717) is 5.92 Å². The quantitative estimate of drug-likeness (QED) is 0.906. The maximum Gasteiger partial charge on any atom is 0.174 e. The van der Waals surface area contributed by atoms with Crippen molar-refractivity contribution < 1.29 is 0 Å². The van der Waals surface area contributed by atoms with Crippen molar-refractivity contribution in [1.82, 2.24) is 19.3 Å². The molecule has 0 aliphatic carbocycles. The first kappa shape index (κ1) is 12.0. The minimum absolute atomic E-state index is 0.330. The normalized spacial score (nSPS) is 11.4. The highest BCUT2D eigenvalue weighted by Gasteiger charge is 2.17. The predicted molar refractivity (Wildman–Crippen MR) is 69.0 cm³/mol. The van der Waals surface area contributed by atoms with Crippen molar-refractivity contribution in [3.05, 3.63) is 18.1 Å². The molecule has 0 amide bonds. The molecular weight excluding hydrogens is 234 g/mol. The van der Waals surface area contributed by atoms with E-state index in [-0.39, 0.29) is 0 Å². The Morgan fingerprint density at radius 3 is 2.53 bits per heavy atom. The van der Waals surface area contributed by atoms with Gasteiger partial charge in [-0.2, -0.15) is 5.10 Å². The second-order valence-electron chi connectivity index (χ2n) is 4.31. The number of aryl methyl sites for hydroxylation is 2. The molecule has 0 aromatic carbocycles. The van der Waals surface area contributed by atoms with E-state index in [1.807, 2.05) is 29.5 Å². The molecule has 2 heterocycles. The highest BCUT2D eigenvalue weighted by atomic mass is 32.2. The first-order valence-corrected chi connectivity index (χ1v) is 6.30. The van der Waals surface area contributed by atoms with Gasteiger partial charge in [0.25, 0.3) is 0 Å². The van der Waals surface area contributed by atoms with Gasteiger partial charge in [-0.15, -0.1) is 0 Å². The number of aromatic nitrogens is 4. The molecule has 2 aromatic heterocycles. The molecule has 92 valence electrons. The highest BCUT2D eigenvalue weighted by molar-refractivity contribution is 7.99. The van der Waals surface area contributed by atoms with E-state index in [1.54, 1.807) is 6.20 Å². The fraction of sp³-hybridized carbons (Fsp3) is 0.455. The zero-order chi connectivity index (χ0) is 12.6. The van der Waals surface area contributed by atoms with Crippen molar-refractivity contribution in [1.29, 1.82) is 0 Å². The molecule has 2 aromatic rings. The lowest BCUT2D eigenvalue weighted by Crippen LogP contribution is -1.96. The molecule has 0 bridgehead atoms. The lowest BCUT2D eigenvalue weighted by atomic mass is 10.1. The van der Waals surface area contributed by atoms with Crippen molar-refractivity contribution in [3.63, 3.8) is 0 Å². The molecule has 0 aliphatic rings. The Hall–Kier alpha value is -1.43. The van der Waals surface area contributed by atoms with Crippen LogP contribution in [0.1, 0.15) is 25.5 Å². The molecular formula is C11H17N5S. The molecule has 6 heteroatoms. The minimum atomic E-state index is 0.330. The average molecular weight is 251 g/mol. The Labute approximate surface area is 105 Å². The van der Waals surface area contributed by atoms with Crippen LogP contribution < -0.4 is 5.73 Å². The van der Waals surface area contributed by atoms with Crippen LogP contribution in [0.3, 0.4) is 0 Å².